The van der Waals surface area contributed by atoms with Crippen molar-refractivity contribution in [3.8, 4) is 0 Å². The third kappa shape index (κ3) is 2.12. The monoisotopic (exact) mass is 216 g/mol. The van der Waals surface area contributed by atoms with Crippen LogP contribution in [-0.2, 0) is 0 Å². The molecule has 0 N–H and O–H groups in total. The Balaban J connectivity index is 3.49. The number of aryl methyl sites for hydroxylation is 1. The lowest BCUT2D eigenvalue weighted by Gasteiger charge is -2.05. The van der Waals surface area contributed by atoms with Crippen molar-refractivity contribution in [1.82, 2.24) is 4.98 Å². The lowest BCUT2D eigenvalue weighted by atomic mass is 10.1. The number of carbonyl (C=O) groups is 1. The largest absolute Gasteiger partial charge is 0.296 e. The molecule has 0 saturated heterocycles. The summed E-state index contributed by atoms with van der Waals surface area (Å²) in [5.41, 5.74) is -1.96. The lowest BCUT2D eigenvalue weighted by molar-refractivity contribution is -0.386. The summed E-state index contributed by atoms with van der Waals surface area (Å²) in [6.07, 6.45) is -2.71. The highest BCUT2D eigenvalue weighted by molar-refractivity contribution is 5.73. The van der Waals surface area contributed by atoms with Crippen LogP contribution >= 0.6 is 0 Å². The first kappa shape index (κ1) is 11.2. The van der Waals surface area contributed by atoms with Crippen molar-refractivity contribution in [2.45, 2.75) is 13.3 Å². The van der Waals surface area contributed by atoms with E-state index in [-0.39, 0.29) is 17.7 Å². The summed E-state index contributed by atoms with van der Waals surface area (Å²) in [5, 5.41) is 10.5. The van der Waals surface area contributed by atoms with Gasteiger partial charge >= 0.3 is 0 Å². The van der Waals surface area contributed by atoms with Crippen LogP contribution in [0, 0.1) is 17.0 Å². The zero-order chi connectivity index (χ0) is 11.6. The number of aromatic nitrogens is 1. The highest BCUT2D eigenvalue weighted by atomic mass is 19.3. The average molecular weight is 216 g/mol. The van der Waals surface area contributed by atoms with Crippen molar-refractivity contribution < 1.29 is 18.5 Å². The number of carbonyl (C=O) groups excluding carboxylic acids is 1. The fourth-order valence-electron chi connectivity index (χ4n) is 1.17. The van der Waals surface area contributed by atoms with E-state index in [1.165, 1.54) is 6.92 Å². The molecule has 1 heterocycles. The Morgan fingerprint density at radius 2 is 2.20 bits per heavy atom. The SMILES string of the molecule is Cc1nc(C=O)cc([N+](=O)[O-])c1C(F)F. The Morgan fingerprint density at radius 3 is 2.60 bits per heavy atom. The van der Waals surface area contributed by atoms with Gasteiger partial charge in [-0.2, -0.15) is 0 Å². The van der Waals surface area contributed by atoms with E-state index in [1.54, 1.807) is 0 Å². The van der Waals surface area contributed by atoms with Crippen molar-refractivity contribution in [3.63, 3.8) is 0 Å². The molecule has 0 unspecified atom stereocenters. The van der Waals surface area contributed by atoms with Gasteiger partial charge in [-0.25, -0.2) is 13.8 Å². The molecule has 0 fully saturated rings. The molecular weight excluding hydrogens is 210 g/mol. The van der Waals surface area contributed by atoms with Crippen LogP contribution in [0.2, 0.25) is 0 Å². The maximum absolute atomic E-state index is 12.5. The summed E-state index contributed by atoms with van der Waals surface area (Å²) in [5.74, 6) is 0. The molecule has 0 amide bonds. The minimum Gasteiger partial charge on any atom is -0.296 e. The van der Waals surface area contributed by atoms with Gasteiger partial charge in [0.05, 0.1) is 10.6 Å². The second-order valence-electron chi connectivity index (χ2n) is 2.74. The summed E-state index contributed by atoms with van der Waals surface area (Å²) >= 11 is 0. The highest BCUT2D eigenvalue weighted by Crippen LogP contribution is 2.31. The molecule has 0 spiro atoms. The van der Waals surface area contributed by atoms with Gasteiger partial charge < -0.3 is 0 Å². The van der Waals surface area contributed by atoms with E-state index < -0.39 is 22.6 Å². The van der Waals surface area contributed by atoms with Gasteiger partial charge in [-0.3, -0.25) is 14.9 Å². The molecule has 0 aliphatic carbocycles. The molecule has 1 rings (SSSR count). The number of pyridine rings is 1. The van der Waals surface area contributed by atoms with Gasteiger partial charge in [-0.05, 0) is 6.92 Å². The molecule has 0 bridgehead atoms. The number of alkyl halides is 2. The molecule has 5 nitrogen and oxygen atoms in total. The number of hydrogen-bond donors (Lipinski definition) is 0. The first-order valence-corrected chi connectivity index (χ1v) is 3.86. The molecule has 7 heteroatoms. The van der Waals surface area contributed by atoms with Gasteiger partial charge in [-0.1, -0.05) is 0 Å². The number of halogens is 2. The second-order valence-corrected chi connectivity index (χ2v) is 2.74. The van der Waals surface area contributed by atoms with Crippen LogP contribution in [0.25, 0.3) is 0 Å². The van der Waals surface area contributed by atoms with Crippen LogP contribution in [0.1, 0.15) is 28.2 Å². The van der Waals surface area contributed by atoms with Gasteiger partial charge in [0.15, 0.2) is 6.29 Å². The number of nitro groups is 1. The Kier molecular flexibility index (Phi) is 3.03. The van der Waals surface area contributed by atoms with E-state index >= 15 is 0 Å². The molecule has 0 aromatic carbocycles. The van der Waals surface area contributed by atoms with Crippen LogP contribution in [0.4, 0.5) is 14.5 Å². The molecule has 15 heavy (non-hydrogen) atoms. The molecule has 1 aromatic heterocycles. The predicted molar refractivity (Wildman–Crippen MR) is 46.0 cm³/mol. The standard InChI is InChI=1S/C8H6F2N2O3/c1-4-7(8(9)10)6(12(14)15)2-5(3-13)11-4/h2-3,8H,1H3. The van der Waals surface area contributed by atoms with Crippen LogP contribution < -0.4 is 0 Å². The summed E-state index contributed by atoms with van der Waals surface area (Å²) in [7, 11) is 0. The van der Waals surface area contributed by atoms with Crippen LogP contribution in [0.15, 0.2) is 6.07 Å². The second kappa shape index (κ2) is 4.07. The van der Waals surface area contributed by atoms with Crippen molar-refractivity contribution >= 4 is 12.0 Å². The van der Waals surface area contributed by atoms with Gasteiger partial charge in [-0.15, -0.1) is 0 Å². The summed E-state index contributed by atoms with van der Waals surface area (Å²) in [6, 6.07) is 0.738. The van der Waals surface area contributed by atoms with Gasteiger partial charge in [0.2, 0.25) is 0 Å². The molecule has 0 atom stereocenters. The van der Waals surface area contributed by atoms with E-state index in [9.17, 15) is 23.7 Å². The smallest absolute Gasteiger partial charge is 0.282 e. The van der Waals surface area contributed by atoms with Crippen molar-refractivity contribution in [2.75, 3.05) is 0 Å². The van der Waals surface area contributed by atoms with E-state index in [1.807, 2.05) is 0 Å². The summed E-state index contributed by atoms with van der Waals surface area (Å²) in [4.78, 5) is 23.4. The number of nitrogens with zero attached hydrogens (tertiary/aromatic N) is 2. The number of aldehydes is 1. The third-order valence-electron chi connectivity index (χ3n) is 1.78. The molecule has 0 aliphatic heterocycles. The fourth-order valence-corrected chi connectivity index (χ4v) is 1.17. The van der Waals surface area contributed by atoms with Crippen molar-refractivity contribution in [2.24, 2.45) is 0 Å². The maximum atomic E-state index is 12.5. The molecule has 0 radical (unpaired) electrons. The fraction of sp³-hybridized carbons (Fsp3) is 0.250. The predicted octanol–water partition coefficient (Wildman–Crippen LogP) is 2.05. The topological polar surface area (TPSA) is 73.1 Å². The van der Waals surface area contributed by atoms with Gasteiger partial charge in [0, 0.05) is 6.07 Å². The van der Waals surface area contributed by atoms with E-state index in [4.69, 9.17) is 0 Å². The molecule has 1 aromatic rings. The lowest BCUT2D eigenvalue weighted by Crippen LogP contribution is -2.03. The van der Waals surface area contributed by atoms with E-state index in [0.29, 0.717) is 0 Å². The molecule has 0 aliphatic rings. The van der Waals surface area contributed by atoms with Crippen LogP contribution in [0.3, 0.4) is 0 Å². The normalized spacial score (nSPS) is 10.4. The quantitative estimate of drug-likeness (QED) is 0.440. The van der Waals surface area contributed by atoms with E-state index in [0.717, 1.165) is 6.07 Å². The first-order chi connectivity index (χ1) is 6.97. The third-order valence-corrected chi connectivity index (χ3v) is 1.78. The Morgan fingerprint density at radius 1 is 1.60 bits per heavy atom. The van der Waals surface area contributed by atoms with Crippen molar-refractivity contribution in [3.05, 3.63) is 33.1 Å². The molecule has 0 saturated carbocycles. The number of rotatable bonds is 3. The van der Waals surface area contributed by atoms with E-state index in [2.05, 4.69) is 4.98 Å². The zero-order valence-electron chi connectivity index (χ0n) is 7.61. The van der Waals surface area contributed by atoms with Gasteiger partial charge in [0.25, 0.3) is 12.1 Å². The number of hydrogen-bond acceptors (Lipinski definition) is 4. The average Bonchev–Trinajstić information content (AvgIpc) is 2.15. The zero-order valence-corrected chi connectivity index (χ0v) is 7.61. The minimum atomic E-state index is -2.99. The van der Waals surface area contributed by atoms with Gasteiger partial charge in [0.1, 0.15) is 11.3 Å². The summed E-state index contributed by atoms with van der Waals surface area (Å²) in [6.45, 7) is 1.20. The Bertz CT molecular complexity index is 421. The first-order valence-electron chi connectivity index (χ1n) is 3.86. The Labute approximate surface area is 82.9 Å². The van der Waals surface area contributed by atoms with Crippen molar-refractivity contribution in [1.29, 1.82) is 0 Å². The van der Waals surface area contributed by atoms with Crippen LogP contribution in [-0.4, -0.2) is 16.2 Å². The maximum Gasteiger partial charge on any atom is 0.282 e. The van der Waals surface area contributed by atoms with Crippen LogP contribution in [0.5, 0.6) is 0 Å². The highest BCUT2D eigenvalue weighted by Gasteiger charge is 2.25. The molecular formula is C8H6F2N2O3. The minimum absolute atomic E-state index is 0.207. The molecule has 80 valence electrons. The summed E-state index contributed by atoms with van der Waals surface area (Å²) < 4.78 is 24.9. The Hall–Kier alpha value is -1.92.